The number of nitrogens with one attached hydrogen (secondary N) is 1. The first-order valence-corrected chi connectivity index (χ1v) is 5.89. The fourth-order valence-corrected chi connectivity index (χ4v) is 1.88. The molecule has 0 fully saturated rings. The molecule has 0 aliphatic carbocycles. The maximum atomic E-state index is 10.9. The van der Waals surface area contributed by atoms with Crippen molar-refractivity contribution in [2.75, 3.05) is 5.32 Å². The molecule has 3 aromatic rings. The molecular weight excluding hydrogens is 262 g/mol. The van der Waals surface area contributed by atoms with Gasteiger partial charge >= 0.3 is 0 Å². The van der Waals surface area contributed by atoms with Gasteiger partial charge in [0.25, 0.3) is 11.7 Å². The van der Waals surface area contributed by atoms with Crippen molar-refractivity contribution in [3.8, 4) is 0 Å². The Kier molecular flexibility index (Phi) is 2.82. The molecule has 2 aromatic heterocycles. The number of aryl methyl sites for hydroxylation is 1. The molecule has 0 aliphatic heterocycles. The van der Waals surface area contributed by atoms with E-state index in [0.717, 1.165) is 5.82 Å². The van der Waals surface area contributed by atoms with Gasteiger partial charge in [-0.2, -0.15) is 4.98 Å². The number of anilines is 1. The molecule has 0 amide bonds. The van der Waals surface area contributed by atoms with E-state index in [9.17, 15) is 10.1 Å². The summed E-state index contributed by atoms with van der Waals surface area (Å²) in [5.74, 6) is 0.807. The lowest BCUT2D eigenvalue weighted by molar-refractivity contribution is -0.383. The van der Waals surface area contributed by atoms with Gasteiger partial charge in [0.1, 0.15) is 5.82 Å². The van der Waals surface area contributed by atoms with E-state index in [0.29, 0.717) is 12.1 Å². The van der Waals surface area contributed by atoms with Crippen LogP contribution in [0.1, 0.15) is 5.82 Å². The SMILES string of the molecule is Cn1ccnc1CNc1nc2c([N+](=O)[O-])cccc2o1. The third-order valence-electron chi connectivity index (χ3n) is 2.91. The smallest absolute Gasteiger partial charge is 0.298 e. The molecule has 8 nitrogen and oxygen atoms in total. The Morgan fingerprint density at radius 1 is 1.50 bits per heavy atom. The van der Waals surface area contributed by atoms with Gasteiger partial charge in [-0.3, -0.25) is 10.1 Å². The number of oxazole rings is 1. The van der Waals surface area contributed by atoms with Crippen LogP contribution in [0.25, 0.3) is 11.1 Å². The van der Waals surface area contributed by atoms with Crippen molar-refractivity contribution in [2.45, 2.75) is 6.54 Å². The molecule has 0 saturated heterocycles. The maximum Gasteiger partial charge on any atom is 0.298 e. The molecule has 0 radical (unpaired) electrons. The molecule has 1 aromatic carbocycles. The van der Waals surface area contributed by atoms with Gasteiger partial charge in [-0.15, -0.1) is 0 Å². The zero-order valence-electron chi connectivity index (χ0n) is 10.6. The van der Waals surface area contributed by atoms with Gasteiger partial charge in [-0.25, -0.2) is 4.98 Å². The first-order valence-electron chi connectivity index (χ1n) is 5.89. The minimum Gasteiger partial charge on any atom is -0.423 e. The van der Waals surface area contributed by atoms with Crippen molar-refractivity contribution in [1.29, 1.82) is 0 Å². The normalized spacial score (nSPS) is 10.8. The Morgan fingerprint density at radius 3 is 3.05 bits per heavy atom. The molecule has 0 spiro atoms. The van der Waals surface area contributed by atoms with E-state index in [1.165, 1.54) is 6.07 Å². The quantitative estimate of drug-likeness (QED) is 0.577. The number of nitro benzene ring substituents is 1. The van der Waals surface area contributed by atoms with Crippen LogP contribution in [0.3, 0.4) is 0 Å². The number of hydrogen-bond donors (Lipinski definition) is 1. The van der Waals surface area contributed by atoms with Crippen molar-refractivity contribution in [2.24, 2.45) is 7.05 Å². The molecular formula is C12H11N5O3. The average molecular weight is 273 g/mol. The topological polar surface area (TPSA) is 99.0 Å². The molecule has 2 heterocycles. The number of imidazole rings is 1. The highest BCUT2D eigenvalue weighted by Gasteiger charge is 2.17. The second-order valence-electron chi connectivity index (χ2n) is 4.21. The first kappa shape index (κ1) is 12.2. The van der Waals surface area contributed by atoms with E-state index in [1.54, 1.807) is 18.3 Å². The Balaban J connectivity index is 1.88. The Bertz CT molecular complexity index is 776. The van der Waals surface area contributed by atoms with Crippen LogP contribution in [0.2, 0.25) is 0 Å². The summed E-state index contributed by atoms with van der Waals surface area (Å²) in [5.41, 5.74) is 0.540. The third kappa shape index (κ3) is 2.07. The Labute approximate surface area is 113 Å². The summed E-state index contributed by atoms with van der Waals surface area (Å²) >= 11 is 0. The molecule has 8 heteroatoms. The van der Waals surface area contributed by atoms with Gasteiger partial charge in [0.15, 0.2) is 11.1 Å². The number of non-ortho nitro benzene ring substituents is 1. The van der Waals surface area contributed by atoms with Crippen LogP contribution in [0.15, 0.2) is 35.0 Å². The minimum atomic E-state index is -0.479. The van der Waals surface area contributed by atoms with E-state index < -0.39 is 4.92 Å². The third-order valence-corrected chi connectivity index (χ3v) is 2.91. The van der Waals surface area contributed by atoms with Gasteiger partial charge in [0.05, 0.1) is 11.5 Å². The lowest BCUT2D eigenvalue weighted by Crippen LogP contribution is -2.05. The summed E-state index contributed by atoms with van der Waals surface area (Å²) in [5, 5.41) is 13.9. The number of nitrogens with zero attached hydrogens (tertiary/aromatic N) is 4. The number of aromatic nitrogens is 3. The van der Waals surface area contributed by atoms with E-state index in [4.69, 9.17) is 4.42 Å². The van der Waals surface area contributed by atoms with Gasteiger partial charge in [-0.1, -0.05) is 6.07 Å². The molecule has 0 atom stereocenters. The van der Waals surface area contributed by atoms with Gasteiger partial charge in [0, 0.05) is 25.5 Å². The van der Waals surface area contributed by atoms with Crippen LogP contribution in [0, 0.1) is 10.1 Å². The van der Waals surface area contributed by atoms with Gasteiger partial charge in [-0.05, 0) is 6.07 Å². The van der Waals surface area contributed by atoms with E-state index in [2.05, 4.69) is 15.3 Å². The first-order chi connectivity index (χ1) is 9.65. The van der Waals surface area contributed by atoms with Crippen molar-refractivity contribution < 1.29 is 9.34 Å². The van der Waals surface area contributed by atoms with Crippen molar-refractivity contribution >= 4 is 22.8 Å². The molecule has 0 unspecified atom stereocenters. The second-order valence-corrected chi connectivity index (χ2v) is 4.21. The largest absolute Gasteiger partial charge is 0.423 e. The van der Waals surface area contributed by atoms with Crippen LogP contribution in [0.5, 0.6) is 0 Å². The molecule has 102 valence electrons. The zero-order chi connectivity index (χ0) is 14.1. The van der Waals surface area contributed by atoms with E-state index >= 15 is 0 Å². The minimum absolute atomic E-state index is 0.0729. The highest BCUT2D eigenvalue weighted by molar-refractivity contribution is 5.83. The van der Waals surface area contributed by atoms with Crippen LogP contribution >= 0.6 is 0 Å². The second kappa shape index (κ2) is 4.65. The summed E-state index contributed by atoms with van der Waals surface area (Å²) in [6.07, 6.45) is 3.52. The van der Waals surface area contributed by atoms with Crippen molar-refractivity contribution in [3.05, 3.63) is 46.5 Å². The van der Waals surface area contributed by atoms with Crippen LogP contribution in [-0.2, 0) is 13.6 Å². The predicted molar refractivity (Wildman–Crippen MR) is 71.2 cm³/mol. The standard InChI is InChI=1S/C12H11N5O3/c1-16-6-5-13-10(16)7-14-12-15-11-8(17(18)19)3-2-4-9(11)20-12/h2-6H,7H2,1H3,(H,14,15). The molecule has 0 bridgehead atoms. The van der Waals surface area contributed by atoms with Gasteiger partial charge in [0.2, 0.25) is 0 Å². The monoisotopic (exact) mass is 273 g/mol. The number of benzene rings is 1. The number of nitro groups is 1. The molecule has 0 aliphatic rings. The number of rotatable bonds is 4. The van der Waals surface area contributed by atoms with E-state index in [-0.39, 0.29) is 17.2 Å². The number of hydrogen-bond acceptors (Lipinski definition) is 6. The zero-order valence-corrected chi connectivity index (χ0v) is 10.6. The predicted octanol–water partition coefficient (Wildman–Crippen LogP) is 2.08. The Morgan fingerprint density at radius 2 is 2.35 bits per heavy atom. The fourth-order valence-electron chi connectivity index (χ4n) is 1.88. The average Bonchev–Trinajstić information content (AvgIpc) is 3.01. The number of para-hydroxylation sites is 1. The Hall–Kier alpha value is -2.90. The molecule has 20 heavy (non-hydrogen) atoms. The molecule has 3 rings (SSSR count). The van der Waals surface area contributed by atoms with Crippen LogP contribution in [0.4, 0.5) is 11.7 Å². The summed E-state index contributed by atoms with van der Waals surface area (Å²) in [6.45, 7) is 0.421. The summed E-state index contributed by atoms with van der Waals surface area (Å²) in [6, 6.07) is 4.83. The highest BCUT2D eigenvalue weighted by Crippen LogP contribution is 2.27. The summed E-state index contributed by atoms with van der Waals surface area (Å²) < 4.78 is 7.29. The molecule has 0 saturated carbocycles. The maximum absolute atomic E-state index is 10.9. The lowest BCUT2D eigenvalue weighted by Gasteiger charge is -2.01. The molecule has 1 N–H and O–H groups in total. The van der Waals surface area contributed by atoms with Gasteiger partial charge < -0.3 is 14.3 Å². The van der Waals surface area contributed by atoms with E-state index in [1.807, 2.05) is 17.8 Å². The highest BCUT2D eigenvalue weighted by atomic mass is 16.6. The van der Waals surface area contributed by atoms with Crippen molar-refractivity contribution in [1.82, 2.24) is 14.5 Å². The number of fused-ring (bicyclic) bond motifs is 1. The fraction of sp³-hybridized carbons (Fsp3) is 0.167. The van der Waals surface area contributed by atoms with Crippen LogP contribution < -0.4 is 5.32 Å². The summed E-state index contributed by atoms with van der Waals surface area (Å²) in [7, 11) is 1.88. The van der Waals surface area contributed by atoms with Crippen LogP contribution in [-0.4, -0.2) is 19.5 Å². The summed E-state index contributed by atoms with van der Waals surface area (Å²) in [4.78, 5) is 18.7. The lowest BCUT2D eigenvalue weighted by atomic mass is 10.3. The van der Waals surface area contributed by atoms with Crippen molar-refractivity contribution in [3.63, 3.8) is 0 Å².